The van der Waals surface area contributed by atoms with E-state index in [0.717, 1.165) is 20.8 Å². The van der Waals surface area contributed by atoms with Gasteiger partial charge < -0.3 is 20.8 Å². The molecule has 0 aliphatic heterocycles. The molecule has 0 saturated carbocycles. The van der Waals surface area contributed by atoms with Crippen molar-refractivity contribution in [2.24, 2.45) is 0 Å². The molecule has 0 aliphatic carbocycles. The Balaban J connectivity index is -0.0000000270. The molecule has 0 radical (unpaired) electrons. The van der Waals surface area contributed by atoms with E-state index in [9.17, 15) is 0 Å². The minimum absolute atomic E-state index is 0. The van der Waals surface area contributed by atoms with E-state index in [0.29, 0.717) is 0 Å². The fraction of sp³-hybridized carbons (Fsp3) is 0.500. The molecule has 0 saturated heterocycles. The summed E-state index contributed by atoms with van der Waals surface area (Å²) in [5.41, 5.74) is 0. The second-order valence-corrected chi connectivity index (χ2v) is 1.56. The zero-order chi connectivity index (χ0) is 10.7. The van der Waals surface area contributed by atoms with Gasteiger partial charge in [-0.3, -0.25) is 14.4 Å². The average Bonchev–Trinajstić information content (AvgIpc) is 1.54. The third-order valence-electron chi connectivity index (χ3n) is 0. The Hall–Kier alpha value is -0.812. The van der Waals surface area contributed by atoms with E-state index in [-0.39, 0.29) is 29.9 Å². The number of carboxylic acids is 3. The van der Waals surface area contributed by atoms with Crippen LogP contribution in [0.2, 0.25) is 0 Å². The Morgan fingerprint density at radius 2 is 0.714 bits per heavy atom. The van der Waals surface area contributed by atoms with Crippen LogP contribution in [0.4, 0.5) is 0 Å². The van der Waals surface area contributed by atoms with Crippen LogP contribution in [0.3, 0.4) is 0 Å². The number of hydrogen-bond acceptors (Lipinski definition) is 3. The molecule has 0 fully saturated rings. The van der Waals surface area contributed by atoms with Gasteiger partial charge in [-0.15, -0.1) is 0 Å². The van der Waals surface area contributed by atoms with E-state index in [2.05, 4.69) is 0 Å². The predicted octanol–water partition coefficient (Wildman–Crippen LogP) is -1.74. The zero-order valence-corrected chi connectivity index (χ0v) is 12.3. The van der Waals surface area contributed by atoms with Crippen LogP contribution >= 0.6 is 0 Å². The summed E-state index contributed by atoms with van der Waals surface area (Å²) in [4.78, 5) is 27.0. The Morgan fingerprint density at radius 3 is 0.714 bits per heavy atom. The van der Waals surface area contributed by atoms with Gasteiger partial charge in [0.1, 0.15) is 0 Å². The summed E-state index contributed by atoms with van der Waals surface area (Å²) >= 11 is 0. The third-order valence-corrected chi connectivity index (χ3v) is 0. The summed E-state index contributed by atoms with van der Waals surface area (Å²) in [6, 6.07) is 0. The van der Waals surface area contributed by atoms with Crippen molar-refractivity contribution in [1.29, 1.82) is 0 Å². The summed E-state index contributed by atoms with van der Waals surface area (Å²) in [5, 5.41) is 22.2. The fourth-order valence-corrected chi connectivity index (χ4v) is 0. The van der Waals surface area contributed by atoms with Gasteiger partial charge >= 0.3 is 24.4 Å². The molecule has 0 unspecified atom stereocenters. The van der Waals surface area contributed by atoms with Crippen LogP contribution in [-0.2, 0) is 14.4 Å². The van der Waals surface area contributed by atoms with Crippen molar-refractivity contribution >= 4 is 42.3 Å². The fourth-order valence-electron chi connectivity index (χ4n) is 0. The second-order valence-electron chi connectivity index (χ2n) is 1.56. The molecule has 0 amide bonds. The SMILES string of the molecule is CC(=O)O.CC(=O)O.CC(=O)O.O.[SbH3]. The van der Waals surface area contributed by atoms with Crippen molar-refractivity contribution in [1.82, 2.24) is 0 Å². The number of carbonyl (C=O) groups is 3. The van der Waals surface area contributed by atoms with Gasteiger partial charge in [-0.05, 0) is 0 Å². The van der Waals surface area contributed by atoms with E-state index in [1.165, 1.54) is 0 Å². The molecular formula is C6H17O7Sb. The Morgan fingerprint density at radius 1 is 0.714 bits per heavy atom. The summed E-state index contributed by atoms with van der Waals surface area (Å²) < 4.78 is 0. The van der Waals surface area contributed by atoms with Crippen molar-refractivity contribution in [3.05, 3.63) is 0 Å². The standard InChI is InChI=1S/3C2H4O2.H2O.Sb.3H/c3*1-2(3)4;;;;;/h3*1H3,(H,3,4);1H2;;;;. The molecule has 88 valence electrons. The summed E-state index contributed by atoms with van der Waals surface area (Å²) in [6.07, 6.45) is 0. The number of carboxylic acid groups (broad SMARTS) is 3. The Labute approximate surface area is 98.5 Å². The van der Waals surface area contributed by atoms with Crippen molar-refractivity contribution in [2.45, 2.75) is 20.8 Å². The zero-order valence-electron chi connectivity index (χ0n) is 8.27. The van der Waals surface area contributed by atoms with Gasteiger partial charge in [-0.25, -0.2) is 0 Å². The number of hydrogen-bond donors (Lipinski definition) is 3. The molecule has 5 N–H and O–H groups in total. The van der Waals surface area contributed by atoms with Crippen LogP contribution in [-0.4, -0.2) is 63.1 Å². The van der Waals surface area contributed by atoms with Gasteiger partial charge in [0.05, 0.1) is 0 Å². The molecule has 0 bridgehead atoms. The molecule has 0 aromatic carbocycles. The van der Waals surface area contributed by atoms with Gasteiger partial charge in [0.15, 0.2) is 0 Å². The van der Waals surface area contributed by atoms with Gasteiger partial charge in [0, 0.05) is 20.8 Å². The van der Waals surface area contributed by atoms with Gasteiger partial charge in [-0.2, -0.15) is 0 Å². The van der Waals surface area contributed by atoms with E-state index >= 15 is 0 Å². The molecule has 0 spiro atoms. The summed E-state index contributed by atoms with van der Waals surface area (Å²) in [7, 11) is 0. The Kier molecular flexibility index (Phi) is 47.5. The number of aliphatic carboxylic acids is 3. The molecule has 0 rings (SSSR count). The maximum absolute atomic E-state index is 9.00. The maximum atomic E-state index is 9.00. The van der Waals surface area contributed by atoms with Crippen molar-refractivity contribution in [3.63, 3.8) is 0 Å². The quantitative estimate of drug-likeness (QED) is 0.452. The third kappa shape index (κ3) is 1760. The van der Waals surface area contributed by atoms with E-state index < -0.39 is 17.9 Å². The summed E-state index contributed by atoms with van der Waals surface area (Å²) in [5.74, 6) is -2.50. The Bertz CT molecular complexity index is 116. The average molecular weight is 323 g/mol. The molecule has 0 aliphatic rings. The van der Waals surface area contributed by atoms with Crippen LogP contribution in [0.1, 0.15) is 20.8 Å². The second kappa shape index (κ2) is 22.8. The van der Waals surface area contributed by atoms with Crippen molar-refractivity contribution < 1.29 is 35.2 Å². The first kappa shape index (κ1) is 29.2. The van der Waals surface area contributed by atoms with Gasteiger partial charge in [0.2, 0.25) is 0 Å². The predicted molar refractivity (Wildman–Crippen MR) is 53.5 cm³/mol. The van der Waals surface area contributed by atoms with Crippen LogP contribution in [0.25, 0.3) is 0 Å². The van der Waals surface area contributed by atoms with Gasteiger partial charge in [0.25, 0.3) is 17.9 Å². The monoisotopic (exact) mass is 322 g/mol. The van der Waals surface area contributed by atoms with Crippen LogP contribution < -0.4 is 0 Å². The van der Waals surface area contributed by atoms with Crippen LogP contribution in [0.5, 0.6) is 0 Å². The van der Waals surface area contributed by atoms with Crippen LogP contribution in [0, 0.1) is 0 Å². The molecular weight excluding hydrogens is 306 g/mol. The van der Waals surface area contributed by atoms with E-state index in [1.54, 1.807) is 0 Å². The first-order chi connectivity index (χ1) is 5.20. The van der Waals surface area contributed by atoms with E-state index in [1.807, 2.05) is 0 Å². The molecule has 0 atom stereocenters. The number of rotatable bonds is 0. The van der Waals surface area contributed by atoms with Gasteiger partial charge in [-0.1, -0.05) is 0 Å². The first-order valence-electron chi connectivity index (χ1n) is 2.78. The topological polar surface area (TPSA) is 143 Å². The van der Waals surface area contributed by atoms with E-state index in [4.69, 9.17) is 29.7 Å². The molecule has 14 heavy (non-hydrogen) atoms. The molecule has 0 heterocycles. The minimum atomic E-state index is -0.833. The molecule has 0 aromatic heterocycles. The molecule has 0 aromatic rings. The molecule has 8 heteroatoms. The summed E-state index contributed by atoms with van der Waals surface area (Å²) in [6.45, 7) is 3.25. The van der Waals surface area contributed by atoms with Crippen molar-refractivity contribution in [2.75, 3.05) is 0 Å². The molecule has 7 nitrogen and oxygen atoms in total. The normalized spacial score (nSPS) is 5.36. The van der Waals surface area contributed by atoms with Crippen molar-refractivity contribution in [3.8, 4) is 0 Å². The van der Waals surface area contributed by atoms with Crippen LogP contribution in [0.15, 0.2) is 0 Å². The first-order valence-corrected chi connectivity index (χ1v) is 2.78.